The summed E-state index contributed by atoms with van der Waals surface area (Å²) in [5, 5.41) is 15.0. The standard InChI is InChI=1S/C17H26N2OS/c1-16(2,3)10-12-7-8-18-19(12)14-9-13(21-15(14)20)11-17(4,5)6/h7-9,20H,10-11H2,1-6H3. The first-order valence-electron chi connectivity index (χ1n) is 7.40. The molecule has 0 fully saturated rings. The molecule has 2 aromatic rings. The van der Waals surface area contributed by atoms with Crippen molar-refractivity contribution >= 4 is 11.3 Å². The summed E-state index contributed by atoms with van der Waals surface area (Å²) in [4.78, 5) is 1.20. The van der Waals surface area contributed by atoms with Gasteiger partial charge in [-0.1, -0.05) is 41.5 Å². The summed E-state index contributed by atoms with van der Waals surface area (Å²) >= 11 is 1.46. The fourth-order valence-electron chi connectivity index (χ4n) is 2.41. The van der Waals surface area contributed by atoms with E-state index in [1.165, 1.54) is 16.2 Å². The molecule has 116 valence electrons. The Labute approximate surface area is 131 Å². The molecule has 0 spiro atoms. The quantitative estimate of drug-likeness (QED) is 0.883. The molecule has 4 heteroatoms. The van der Waals surface area contributed by atoms with E-state index in [-0.39, 0.29) is 10.8 Å². The van der Waals surface area contributed by atoms with Gasteiger partial charge in [-0.2, -0.15) is 5.10 Å². The first-order valence-corrected chi connectivity index (χ1v) is 8.22. The first kappa shape index (κ1) is 16.1. The van der Waals surface area contributed by atoms with E-state index >= 15 is 0 Å². The van der Waals surface area contributed by atoms with Gasteiger partial charge in [0.1, 0.15) is 5.69 Å². The maximum atomic E-state index is 10.3. The minimum Gasteiger partial charge on any atom is -0.498 e. The van der Waals surface area contributed by atoms with Crippen molar-refractivity contribution in [2.75, 3.05) is 0 Å². The number of rotatable bonds is 3. The number of nitrogens with zero attached hydrogens (tertiary/aromatic N) is 2. The van der Waals surface area contributed by atoms with Crippen LogP contribution < -0.4 is 0 Å². The van der Waals surface area contributed by atoms with Crippen molar-refractivity contribution in [2.45, 2.75) is 54.4 Å². The fraction of sp³-hybridized carbons (Fsp3) is 0.588. The van der Waals surface area contributed by atoms with Crippen LogP contribution in [0, 0.1) is 10.8 Å². The van der Waals surface area contributed by atoms with Crippen LogP contribution in [0.4, 0.5) is 0 Å². The molecule has 2 rings (SSSR count). The summed E-state index contributed by atoms with van der Waals surface area (Å²) in [6.45, 7) is 13.3. The maximum Gasteiger partial charge on any atom is 0.197 e. The molecule has 1 N–H and O–H groups in total. The number of thiophene rings is 1. The lowest BCUT2D eigenvalue weighted by molar-refractivity contribution is 0.400. The molecule has 0 aliphatic carbocycles. The average molecular weight is 306 g/mol. The molecule has 0 aliphatic heterocycles. The minimum absolute atomic E-state index is 0.192. The van der Waals surface area contributed by atoms with Crippen LogP contribution in [0.25, 0.3) is 5.69 Å². The number of aromatic hydroxyl groups is 1. The predicted octanol–water partition coefficient (Wildman–Crippen LogP) is 4.82. The Morgan fingerprint density at radius 3 is 2.29 bits per heavy atom. The van der Waals surface area contributed by atoms with Crippen molar-refractivity contribution < 1.29 is 5.11 Å². The van der Waals surface area contributed by atoms with Crippen molar-refractivity contribution in [1.29, 1.82) is 0 Å². The monoisotopic (exact) mass is 306 g/mol. The smallest absolute Gasteiger partial charge is 0.197 e. The lowest BCUT2D eigenvalue weighted by Crippen LogP contribution is -2.13. The molecule has 0 amide bonds. The van der Waals surface area contributed by atoms with Gasteiger partial charge in [0.25, 0.3) is 0 Å². The Morgan fingerprint density at radius 1 is 1.10 bits per heavy atom. The molecule has 0 unspecified atom stereocenters. The SMILES string of the molecule is CC(C)(C)Cc1cc(-n2nccc2CC(C)(C)C)c(O)s1. The zero-order valence-electron chi connectivity index (χ0n) is 13.9. The molecule has 0 aliphatic rings. The van der Waals surface area contributed by atoms with Crippen molar-refractivity contribution in [3.63, 3.8) is 0 Å². The number of aromatic nitrogens is 2. The molecule has 2 aromatic heterocycles. The van der Waals surface area contributed by atoms with Crippen molar-refractivity contribution in [3.8, 4) is 10.8 Å². The van der Waals surface area contributed by atoms with E-state index in [0.29, 0.717) is 5.06 Å². The van der Waals surface area contributed by atoms with E-state index in [1.54, 1.807) is 0 Å². The summed E-state index contributed by atoms with van der Waals surface area (Å²) in [5.74, 6) is 0. The molecule has 2 heterocycles. The van der Waals surface area contributed by atoms with Crippen molar-refractivity contribution in [3.05, 3.63) is 28.9 Å². The maximum absolute atomic E-state index is 10.3. The Hall–Kier alpha value is -1.29. The Morgan fingerprint density at radius 2 is 1.71 bits per heavy atom. The van der Waals surface area contributed by atoms with E-state index in [1.807, 2.05) is 16.9 Å². The normalized spacial score (nSPS) is 12.9. The summed E-state index contributed by atoms with van der Waals surface area (Å²) in [6, 6.07) is 4.11. The third kappa shape index (κ3) is 4.34. The number of hydrogen-bond acceptors (Lipinski definition) is 3. The lowest BCUT2D eigenvalue weighted by atomic mass is 9.90. The zero-order valence-corrected chi connectivity index (χ0v) is 14.7. The minimum atomic E-state index is 0.192. The van der Waals surface area contributed by atoms with Crippen LogP contribution in [0.2, 0.25) is 0 Å². The molecule has 0 atom stereocenters. The zero-order chi connectivity index (χ0) is 15.8. The highest BCUT2D eigenvalue weighted by Crippen LogP contribution is 2.36. The van der Waals surface area contributed by atoms with Gasteiger partial charge in [0.15, 0.2) is 5.06 Å². The van der Waals surface area contributed by atoms with Gasteiger partial charge in [-0.3, -0.25) is 0 Å². The molecular weight excluding hydrogens is 280 g/mol. The number of hydrogen-bond donors (Lipinski definition) is 1. The predicted molar refractivity (Wildman–Crippen MR) is 89.4 cm³/mol. The molecule has 0 aromatic carbocycles. The van der Waals surface area contributed by atoms with Crippen molar-refractivity contribution in [1.82, 2.24) is 9.78 Å². The van der Waals surface area contributed by atoms with Gasteiger partial charge in [-0.15, -0.1) is 11.3 Å². The fourth-order valence-corrected chi connectivity index (χ4v) is 3.58. The highest BCUT2D eigenvalue weighted by molar-refractivity contribution is 7.14. The van der Waals surface area contributed by atoms with Gasteiger partial charge in [0.05, 0.1) is 0 Å². The van der Waals surface area contributed by atoms with Crippen LogP contribution in [0.5, 0.6) is 5.06 Å². The second kappa shape index (κ2) is 5.48. The largest absolute Gasteiger partial charge is 0.498 e. The topological polar surface area (TPSA) is 38.0 Å². The molecular formula is C17H26N2OS. The molecule has 21 heavy (non-hydrogen) atoms. The first-order chi connectivity index (χ1) is 9.55. The van der Waals surface area contributed by atoms with E-state index in [4.69, 9.17) is 0 Å². The summed E-state index contributed by atoms with van der Waals surface area (Å²) in [5.41, 5.74) is 2.35. The molecule has 0 saturated heterocycles. The van der Waals surface area contributed by atoms with Gasteiger partial charge in [0, 0.05) is 16.8 Å². The second-order valence-electron chi connectivity index (χ2n) is 8.11. The molecule has 3 nitrogen and oxygen atoms in total. The highest BCUT2D eigenvalue weighted by Gasteiger charge is 2.20. The van der Waals surface area contributed by atoms with E-state index < -0.39 is 0 Å². The van der Waals surface area contributed by atoms with E-state index in [2.05, 4.69) is 52.7 Å². The average Bonchev–Trinajstić information content (AvgIpc) is 2.80. The van der Waals surface area contributed by atoms with E-state index in [9.17, 15) is 5.11 Å². The summed E-state index contributed by atoms with van der Waals surface area (Å²) in [6.07, 6.45) is 3.69. The van der Waals surface area contributed by atoms with Gasteiger partial charge in [-0.05, 0) is 35.8 Å². The van der Waals surface area contributed by atoms with Crippen LogP contribution in [0.15, 0.2) is 18.3 Å². The van der Waals surface area contributed by atoms with Gasteiger partial charge < -0.3 is 5.11 Å². The molecule has 0 bridgehead atoms. The van der Waals surface area contributed by atoms with Gasteiger partial charge in [0.2, 0.25) is 0 Å². The molecule has 0 saturated carbocycles. The van der Waals surface area contributed by atoms with Crippen molar-refractivity contribution in [2.24, 2.45) is 10.8 Å². The third-order valence-electron chi connectivity index (χ3n) is 3.11. The van der Waals surface area contributed by atoms with Crippen LogP contribution in [0.1, 0.15) is 52.1 Å². The summed E-state index contributed by atoms with van der Waals surface area (Å²) < 4.78 is 1.88. The summed E-state index contributed by atoms with van der Waals surface area (Å²) in [7, 11) is 0. The third-order valence-corrected chi connectivity index (χ3v) is 4.04. The van der Waals surface area contributed by atoms with Crippen LogP contribution in [-0.4, -0.2) is 14.9 Å². The Bertz CT molecular complexity index is 612. The highest BCUT2D eigenvalue weighted by atomic mass is 32.1. The Kier molecular flexibility index (Phi) is 4.20. The Balaban J connectivity index is 2.33. The molecule has 0 radical (unpaired) electrons. The lowest BCUT2D eigenvalue weighted by Gasteiger charge is -2.18. The van der Waals surface area contributed by atoms with Crippen LogP contribution in [-0.2, 0) is 12.8 Å². The van der Waals surface area contributed by atoms with Gasteiger partial charge in [-0.25, -0.2) is 4.68 Å². The second-order valence-corrected chi connectivity index (χ2v) is 9.23. The van der Waals surface area contributed by atoms with E-state index in [0.717, 1.165) is 24.2 Å². The van der Waals surface area contributed by atoms with Gasteiger partial charge >= 0.3 is 0 Å². The van der Waals surface area contributed by atoms with Crippen LogP contribution in [0.3, 0.4) is 0 Å². The van der Waals surface area contributed by atoms with Crippen LogP contribution >= 0.6 is 11.3 Å².